The number of hydrogen-bond acceptors (Lipinski definition) is 2. The van der Waals surface area contributed by atoms with Crippen molar-refractivity contribution < 1.29 is 9.90 Å². The van der Waals surface area contributed by atoms with Crippen LogP contribution in [0, 0.1) is 12.8 Å². The lowest BCUT2D eigenvalue weighted by atomic mass is 10.0. The number of aromatic hydroxyl groups is 1. The number of phenolic OH excluding ortho intramolecular Hbond substituents is 1. The molecule has 3 heteroatoms. The van der Waals surface area contributed by atoms with Gasteiger partial charge in [-0.05, 0) is 38.3 Å². The number of aryl methyl sites for hydroxylation is 1. The molecular weight excluding hydrogens is 226 g/mol. The highest BCUT2D eigenvalue weighted by Crippen LogP contribution is 2.27. The zero-order valence-corrected chi connectivity index (χ0v) is 11.7. The molecule has 1 aromatic carbocycles. The predicted molar refractivity (Wildman–Crippen MR) is 74.9 cm³/mol. The molecule has 0 saturated heterocycles. The Bertz CT molecular complexity index is 411. The number of carbonyl (C=O) groups excluding carboxylic acids is 1. The van der Waals surface area contributed by atoms with E-state index in [1.807, 2.05) is 33.8 Å². The highest BCUT2D eigenvalue weighted by atomic mass is 16.3. The summed E-state index contributed by atoms with van der Waals surface area (Å²) < 4.78 is 0. The second-order valence-electron chi connectivity index (χ2n) is 4.57. The lowest BCUT2D eigenvalue weighted by Crippen LogP contribution is -2.36. The summed E-state index contributed by atoms with van der Waals surface area (Å²) in [6, 6.07) is 5.15. The highest BCUT2D eigenvalue weighted by molar-refractivity contribution is 5.95. The molecule has 0 aliphatic rings. The Morgan fingerprint density at radius 1 is 1.28 bits per heavy atom. The van der Waals surface area contributed by atoms with Gasteiger partial charge >= 0.3 is 0 Å². The van der Waals surface area contributed by atoms with Gasteiger partial charge in [-0.3, -0.25) is 4.79 Å². The maximum atomic E-state index is 12.4. The standard InChI is InChI=1S/C15H23NO2/c1-5-12(6-2)15(18)16(7-3)14-10-13(17)9-8-11(14)4/h8-10,12,17H,5-7H2,1-4H3. The number of carbonyl (C=O) groups is 1. The lowest BCUT2D eigenvalue weighted by molar-refractivity contribution is -0.122. The lowest BCUT2D eigenvalue weighted by Gasteiger charge is -2.26. The van der Waals surface area contributed by atoms with Gasteiger partial charge in [0.05, 0.1) is 5.69 Å². The number of nitrogens with zero attached hydrogens (tertiary/aromatic N) is 1. The van der Waals surface area contributed by atoms with Gasteiger partial charge in [0.1, 0.15) is 5.75 Å². The largest absolute Gasteiger partial charge is 0.508 e. The van der Waals surface area contributed by atoms with E-state index in [0.717, 1.165) is 24.1 Å². The highest BCUT2D eigenvalue weighted by Gasteiger charge is 2.22. The number of phenols is 1. The third kappa shape index (κ3) is 3.03. The van der Waals surface area contributed by atoms with Crippen molar-refractivity contribution in [2.24, 2.45) is 5.92 Å². The fourth-order valence-electron chi connectivity index (χ4n) is 2.19. The zero-order valence-electron chi connectivity index (χ0n) is 11.7. The summed E-state index contributed by atoms with van der Waals surface area (Å²) in [7, 11) is 0. The Balaban J connectivity index is 3.09. The van der Waals surface area contributed by atoms with Gasteiger partial charge in [0.15, 0.2) is 0 Å². The quantitative estimate of drug-likeness (QED) is 0.867. The Labute approximate surface area is 109 Å². The first-order chi connectivity index (χ1) is 8.54. The third-order valence-electron chi connectivity index (χ3n) is 3.40. The van der Waals surface area contributed by atoms with Crippen LogP contribution in [0.5, 0.6) is 5.75 Å². The summed E-state index contributed by atoms with van der Waals surface area (Å²) in [5.74, 6) is 0.411. The van der Waals surface area contributed by atoms with E-state index in [1.54, 1.807) is 17.0 Å². The molecule has 0 fully saturated rings. The number of amides is 1. The number of anilines is 1. The molecule has 0 saturated carbocycles. The molecule has 0 aromatic heterocycles. The van der Waals surface area contributed by atoms with Crippen molar-refractivity contribution in [1.82, 2.24) is 0 Å². The van der Waals surface area contributed by atoms with E-state index in [-0.39, 0.29) is 17.6 Å². The van der Waals surface area contributed by atoms with Crippen LogP contribution in [0.1, 0.15) is 39.2 Å². The van der Waals surface area contributed by atoms with Gasteiger partial charge in [0.25, 0.3) is 0 Å². The molecule has 0 spiro atoms. The molecule has 0 heterocycles. The van der Waals surface area contributed by atoms with E-state index in [1.165, 1.54) is 0 Å². The minimum atomic E-state index is 0.0618. The van der Waals surface area contributed by atoms with Crippen LogP contribution >= 0.6 is 0 Å². The minimum absolute atomic E-state index is 0.0618. The van der Waals surface area contributed by atoms with E-state index >= 15 is 0 Å². The predicted octanol–water partition coefficient (Wildman–Crippen LogP) is 3.49. The van der Waals surface area contributed by atoms with Gasteiger partial charge in [0, 0.05) is 18.5 Å². The normalized spacial score (nSPS) is 10.7. The molecule has 0 radical (unpaired) electrons. The van der Waals surface area contributed by atoms with Crippen molar-refractivity contribution in [3.05, 3.63) is 23.8 Å². The fourth-order valence-corrected chi connectivity index (χ4v) is 2.19. The molecule has 18 heavy (non-hydrogen) atoms. The Hall–Kier alpha value is -1.51. The molecule has 100 valence electrons. The molecule has 1 rings (SSSR count). The van der Waals surface area contributed by atoms with E-state index in [9.17, 15) is 9.90 Å². The molecule has 3 nitrogen and oxygen atoms in total. The number of rotatable bonds is 5. The van der Waals surface area contributed by atoms with Gasteiger partial charge in [-0.2, -0.15) is 0 Å². The Morgan fingerprint density at radius 2 is 1.89 bits per heavy atom. The molecular formula is C15H23NO2. The number of benzene rings is 1. The minimum Gasteiger partial charge on any atom is -0.508 e. The first kappa shape index (κ1) is 14.6. The summed E-state index contributed by atoms with van der Waals surface area (Å²) in [6.07, 6.45) is 1.70. The van der Waals surface area contributed by atoms with E-state index in [4.69, 9.17) is 0 Å². The summed E-state index contributed by atoms with van der Waals surface area (Å²) >= 11 is 0. The zero-order chi connectivity index (χ0) is 13.7. The molecule has 1 aromatic rings. The molecule has 0 aliphatic carbocycles. The molecule has 0 aliphatic heterocycles. The summed E-state index contributed by atoms with van der Waals surface area (Å²) in [5, 5.41) is 9.58. The van der Waals surface area contributed by atoms with Crippen LogP contribution in [0.15, 0.2) is 18.2 Å². The molecule has 0 unspecified atom stereocenters. The monoisotopic (exact) mass is 249 g/mol. The Kier molecular flexibility index (Phi) is 5.20. The van der Waals surface area contributed by atoms with Gasteiger partial charge in [-0.25, -0.2) is 0 Å². The van der Waals surface area contributed by atoms with Gasteiger partial charge in [-0.1, -0.05) is 19.9 Å². The fraction of sp³-hybridized carbons (Fsp3) is 0.533. The summed E-state index contributed by atoms with van der Waals surface area (Å²) in [5.41, 5.74) is 1.82. The van der Waals surface area contributed by atoms with Crippen molar-refractivity contribution in [1.29, 1.82) is 0 Å². The third-order valence-corrected chi connectivity index (χ3v) is 3.40. The van der Waals surface area contributed by atoms with E-state index in [2.05, 4.69) is 0 Å². The second kappa shape index (κ2) is 6.43. The average molecular weight is 249 g/mol. The maximum absolute atomic E-state index is 12.4. The first-order valence-electron chi connectivity index (χ1n) is 6.66. The second-order valence-corrected chi connectivity index (χ2v) is 4.57. The summed E-state index contributed by atoms with van der Waals surface area (Å²) in [4.78, 5) is 14.2. The van der Waals surface area contributed by atoms with Crippen LogP contribution in [-0.2, 0) is 4.79 Å². The van der Waals surface area contributed by atoms with Crippen LogP contribution in [0.4, 0.5) is 5.69 Å². The van der Waals surface area contributed by atoms with Gasteiger partial charge in [0.2, 0.25) is 5.91 Å². The van der Waals surface area contributed by atoms with Crippen LogP contribution in [-0.4, -0.2) is 17.6 Å². The average Bonchev–Trinajstić information content (AvgIpc) is 2.36. The van der Waals surface area contributed by atoms with Crippen LogP contribution in [0.3, 0.4) is 0 Å². The van der Waals surface area contributed by atoms with Crippen molar-refractivity contribution >= 4 is 11.6 Å². The topological polar surface area (TPSA) is 40.5 Å². The first-order valence-corrected chi connectivity index (χ1v) is 6.66. The molecule has 1 N–H and O–H groups in total. The van der Waals surface area contributed by atoms with E-state index < -0.39 is 0 Å². The SMILES string of the molecule is CCC(CC)C(=O)N(CC)c1cc(O)ccc1C. The molecule has 0 atom stereocenters. The van der Waals surface area contributed by atoms with Crippen LogP contribution in [0.25, 0.3) is 0 Å². The maximum Gasteiger partial charge on any atom is 0.230 e. The van der Waals surface area contributed by atoms with Crippen molar-refractivity contribution in [2.75, 3.05) is 11.4 Å². The van der Waals surface area contributed by atoms with Gasteiger partial charge < -0.3 is 10.0 Å². The van der Waals surface area contributed by atoms with Gasteiger partial charge in [-0.15, -0.1) is 0 Å². The molecule has 0 bridgehead atoms. The number of hydrogen-bond donors (Lipinski definition) is 1. The Morgan fingerprint density at radius 3 is 2.39 bits per heavy atom. The van der Waals surface area contributed by atoms with Crippen molar-refractivity contribution in [2.45, 2.75) is 40.5 Å². The summed E-state index contributed by atoms with van der Waals surface area (Å²) in [6.45, 7) is 8.62. The van der Waals surface area contributed by atoms with E-state index in [0.29, 0.717) is 6.54 Å². The molecule has 1 amide bonds. The van der Waals surface area contributed by atoms with Crippen molar-refractivity contribution in [3.63, 3.8) is 0 Å². The van der Waals surface area contributed by atoms with Crippen LogP contribution in [0.2, 0.25) is 0 Å². The van der Waals surface area contributed by atoms with Crippen molar-refractivity contribution in [3.8, 4) is 5.75 Å². The van der Waals surface area contributed by atoms with Crippen LogP contribution < -0.4 is 4.90 Å². The smallest absolute Gasteiger partial charge is 0.230 e.